The third-order valence-electron chi connectivity index (χ3n) is 5.97. The van der Waals surface area contributed by atoms with Gasteiger partial charge < -0.3 is 24.4 Å². The van der Waals surface area contributed by atoms with Gasteiger partial charge in [-0.15, -0.1) is 0 Å². The summed E-state index contributed by atoms with van der Waals surface area (Å²) < 4.78 is 18.1. The molecule has 1 aromatic carbocycles. The van der Waals surface area contributed by atoms with Gasteiger partial charge in [0, 0.05) is 38.6 Å². The first-order chi connectivity index (χ1) is 16.5. The minimum Gasteiger partial charge on any atom is -0.496 e. The quantitative estimate of drug-likeness (QED) is 0.528. The number of nitrogens with zero attached hydrogens (tertiary/aromatic N) is 4. The lowest BCUT2D eigenvalue weighted by atomic mass is 10.0. The number of hydrogen-bond donors (Lipinski definition) is 1. The molecule has 0 bridgehead atoms. The zero-order chi connectivity index (χ0) is 24.2. The van der Waals surface area contributed by atoms with Crippen LogP contribution in [0, 0.1) is 0 Å². The van der Waals surface area contributed by atoms with Crippen molar-refractivity contribution in [2.45, 2.75) is 25.8 Å². The highest BCUT2D eigenvalue weighted by molar-refractivity contribution is 6.09. The van der Waals surface area contributed by atoms with E-state index in [-0.39, 0.29) is 18.6 Å². The Labute approximate surface area is 197 Å². The monoisotopic (exact) mass is 467 g/mol. The van der Waals surface area contributed by atoms with Crippen LogP contribution in [0.25, 0.3) is 10.9 Å². The van der Waals surface area contributed by atoms with E-state index in [1.54, 1.807) is 51.3 Å². The number of ether oxygens (including phenoxy) is 3. The normalized spacial score (nSPS) is 14.2. The van der Waals surface area contributed by atoms with Gasteiger partial charge in [0.25, 0.3) is 5.91 Å². The van der Waals surface area contributed by atoms with Crippen molar-refractivity contribution < 1.29 is 23.8 Å². The number of piperidine rings is 1. The van der Waals surface area contributed by atoms with Crippen LogP contribution in [-0.4, -0.2) is 66.6 Å². The minimum absolute atomic E-state index is 0.0135. The van der Waals surface area contributed by atoms with Crippen LogP contribution in [0.2, 0.25) is 0 Å². The lowest BCUT2D eigenvalue weighted by Crippen LogP contribution is -2.45. The summed E-state index contributed by atoms with van der Waals surface area (Å²) in [6.45, 7) is 3.29. The molecular formula is C24H29N5O5. The first kappa shape index (κ1) is 23.3. The third-order valence-corrected chi connectivity index (χ3v) is 5.97. The summed E-state index contributed by atoms with van der Waals surface area (Å²) in [5.74, 6) is 0.603. The second-order valence-electron chi connectivity index (χ2n) is 8.07. The number of nitrogens with one attached hydrogen (secondary N) is 1. The number of anilines is 1. The molecule has 2 aromatic heterocycles. The number of aryl methyl sites for hydroxylation is 1. The molecule has 1 N–H and O–H groups in total. The molecule has 0 radical (unpaired) electrons. The summed E-state index contributed by atoms with van der Waals surface area (Å²) in [6.07, 6.45) is 6.21. The van der Waals surface area contributed by atoms with E-state index in [9.17, 15) is 9.59 Å². The first-order valence-electron chi connectivity index (χ1n) is 11.2. The molecule has 1 amide bonds. The smallest absolute Gasteiger partial charge is 0.341 e. The maximum atomic E-state index is 12.8. The minimum atomic E-state index is -0.441. The lowest BCUT2D eigenvalue weighted by molar-refractivity contribution is 0.0526. The number of methoxy groups -OCH3 is 2. The molecule has 4 rings (SSSR count). The van der Waals surface area contributed by atoms with Gasteiger partial charge in [-0.25, -0.2) is 4.79 Å². The SMILES string of the molecule is CCOC(=O)c1cnc2c(OC)ccc(OC)c2c1N1CCC(NC(=O)c2cnn(C)c2)CC1. The Balaban J connectivity index is 1.65. The fourth-order valence-corrected chi connectivity index (χ4v) is 4.31. The van der Waals surface area contributed by atoms with Crippen LogP contribution >= 0.6 is 0 Å². The van der Waals surface area contributed by atoms with Crippen molar-refractivity contribution in [3.05, 3.63) is 41.9 Å². The molecule has 10 heteroatoms. The molecule has 10 nitrogen and oxygen atoms in total. The van der Waals surface area contributed by atoms with E-state index < -0.39 is 5.97 Å². The van der Waals surface area contributed by atoms with Crippen molar-refractivity contribution in [2.24, 2.45) is 7.05 Å². The summed E-state index contributed by atoms with van der Waals surface area (Å²) in [4.78, 5) is 32.0. The topological polar surface area (TPSA) is 108 Å². The molecule has 0 unspecified atom stereocenters. The fraction of sp³-hybridized carbons (Fsp3) is 0.417. The van der Waals surface area contributed by atoms with E-state index in [4.69, 9.17) is 14.2 Å². The van der Waals surface area contributed by atoms with E-state index in [0.717, 1.165) is 0 Å². The molecule has 1 fully saturated rings. The predicted molar refractivity (Wildman–Crippen MR) is 127 cm³/mol. The maximum Gasteiger partial charge on any atom is 0.341 e. The number of carbonyl (C=O) groups is 2. The van der Waals surface area contributed by atoms with Crippen LogP contribution in [0.3, 0.4) is 0 Å². The molecule has 180 valence electrons. The van der Waals surface area contributed by atoms with Crippen LogP contribution in [-0.2, 0) is 11.8 Å². The second-order valence-corrected chi connectivity index (χ2v) is 8.07. The second kappa shape index (κ2) is 9.98. The van der Waals surface area contributed by atoms with Gasteiger partial charge in [0.2, 0.25) is 0 Å². The molecule has 1 aliphatic heterocycles. The van der Waals surface area contributed by atoms with Gasteiger partial charge in [0.05, 0.1) is 43.7 Å². The zero-order valence-electron chi connectivity index (χ0n) is 19.8. The largest absolute Gasteiger partial charge is 0.496 e. The van der Waals surface area contributed by atoms with Crippen LogP contribution in [0.1, 0.15) is 40.5 Å². The van der Waals surface area contributed by atoms with E-state index in [1.807, 2.05) is 6.07 Å². The Morgan fingerprint density at radius 3 is 2.44 bits per heavy atom. The van der Waals surface area contributed by atoms with E-state index in [0.29, 0.717) is 65.1 Å². The molecule has 1 saturated heterocycles. The highest BCUT2D eigenvalue weighted by atomic mass is 16.5. The van der Waals surface area contributed by atoms with E-state index >= 15 is 0 Å². The molecule has 3 heterocycles. The molecular weight excluding hydrogens is 438 g/mol. The first-order valence-corrected chi connectivity index (χ1v) is 11.2. The molecule has 0 aliphatic carbocycles. The fourth-order valence-electron chi connectivity index (χ4n) is 4.31. The van der Waals surface area contributed by atoms with Crippen molar-refractivity contribution in [3.63, 3.8) is 0 Å². The Morgan fingerprint density at radius 2 is 1.82 bits per heavy atom. The Kier molecular flexibility index (Phi) is 6.85. The van der Waals surface area contributed by atoms with Gasteiger partial charge in [0.1, 0.15) is 22.6 Å². The number of esters is 1. The molecule has 3 aromatic rings. The number of amides is 1. The van der Waals surface area contributed by atoms with E-state index in [1.165, 1.54) is 6.20 Å². The van der Waals surface area contributed by atoms with Crippen molar-refractivity contribution in [2.75, 3.05) is 38.8 Å². The average Bonchev–Trinajstić information content (AvgIpc) is 3.29. The van der Waals surface area contributed by atoms with Gasteiger partial charge in [-0.3, -0.25) is 14.5 Å². The number of rotatable bonds is 7. The number of aromatic nitrogens is 3. The summed E-state index contributed by atoms with van der Waals surface area (Å²) >= 11 is 0. The van der Waals surface area contributed by atoms with Gasteiger partial charge in [-0.05, 0) is 31.9 Å². The number of benzene rings is 1. The van der Waals surface area contributed by atoms with Crippen LogP contribution in [0.4, 0.5) is 5.69 Å². The Bertz CT molecular complexity index is 1200. The number of fused-ring (bicyclic) bond motifs is 1. The van der Waals surface area contributed by atoms with Gasteiger partial charge in [0.15, 0.2) is 0 Å². The zero-order valence-corrected chi connectivity index (χ0v) is 19.8. The number of hydrogen-bond acceptors (Lipinski definition) is 8. The Morgan fingerprint density at radius 1 is 1.12 bits per heavy atom. The lowest BCUT2D eigenvalue weighted by Gasteiger charge is -2.35. The summed E-state index contributed by atoms with van der Waals surface area (Å²) in [5.41, 5.74) is 2.22. The predicted octanol–water partition coefficient (Wildman–Crippen LogP) is 2.56. The van der Waals surface area contributed by atoms with Crippen LogP contribution in [0.15, 0.2) is 30.7 Å². The number of carbonyl (C=O) groups excluding carboxylic acids is 2. The summed E-state index contributed by atoms with van der Waals surface area (Å²) in [6, 6.07) is 3.61. The van der Waals surface area contributed by atoms with E-state index in [2.05, 4.69) is 20.3 Å². The highest BCUT2D eigenvalue weighted by Gasteiger charge is 2.29. The average molecular weight is 468 g/mol. The third kappa shape index (κ3) is 4.48. The Hall–Kier alpha value is -3.82. The molecule has 0 saturated carbocycles. The van der Waals surface area contributed by atoms with Crippen molar-refractivity contribution in [1.82, 2.24) is 20.1 Å². The van der Waals surface area contributed by atoms with Gasteiger partial charge in [-0.1, -0.05) is 0 Å². The summed E-state index contributed by atoms with van der Waals surface area (Å²) in [5, 5.41) is 7.85. The van der Waals surface area contributed by atoms with Crippen molar-refractivity contribution >= 4 is 28.5 Å². The maximum absolute atomic E-state index is 12.8. The summed E-state index contributed by atoms with van der Waals surface area (Å²) in [7, 11) is 4.94. The molecule has 0 spiro atoms. The highest BCUT2D eigenvalue weighted by Crippen LogP contribution is 2.41. The standard InChI is InChI=1S/C24H29N5O5/c1-5-34-24(31)17-13-25-21-19(33-4)7-6-18(32-3)20(21)22(17)29-10-8-16(9-11-29)27-23(30)15-12-26-28(2)14-15/h6-7,12-14,16H,5,8-11H2,1-4H3,(H,27,30). The van der Waals surface area contributed by atoms with Gasteiger partial charge >= 0.3 is 5.97 Å². The van der Waals surface area contributed by atoms with Gasteiger partial charge in [-0.2, -0.15) is 5.10 Å². The molecule has 1 aliphatic rings. The van der Waals surface area contributed by atoms with Crippen molar-refractivity contribution in [3.8, 4) is 11.5 Å². The molecule has 0 atom stereocenters. The van der Waals surface area contributed by atoms with Crippen LogP contribution < -0.4 is 19.7 Å². The van der Waals surface area contributed by atoms with Crippen LogP contribution in [0.5, 0.6) is 11.5 Å². The van der Waals surface area contributed by atoms with Crippen molar-refractivity contribution in [1.29, 1.82) is 0 Å². The molecule has 34 heavy (non-hydrogen) atoms. The number of pyridine rings is 1.